The minimum atomic E-state index is -2.07. The Kier molecular flexibility index (Phi) is 4.65. The Balaban J connectivity index is 2.32. The van der Waals surface area contributed by atoms with E-state index < -0.39 is 6.89 Å². The van der Waals surface area contributed by atoms with Crippen LogP contribution < -0.4 is 19.1 Å². The summed E-state index contributed by atoms with van der Waals surface area (Å²) in [5.74, 6) is 0.777. The van der Waals surface area contributed by atoms with Gasteiger partial charge in [0.05, 0.1) is 0 Å². The fourth-order valence-electron chi connectivity index (χ4n) is 2.49. The molecule has 2 nitrogen and oxygen atoms in total. The molecule has 0 saturated heterocycles. The Morgan fingerprint density at radius 3 is 1.86 bits per heavy atom. The molecule has 0 N–H and O–H groups in total. The van der Waals surface area contributed by atoms with E-state index in [1.54, 1.807) is 6.20 Å². The smallest absolute Gasteiger partial charge is 0.192 e. The normalized spacial score (nSPS) is 11.1. The third-order valence-electron chi connectivity index (χ3n) is 3.59. The van der Waals surface area contributed by atoms with Crippen LogP contribution >= 0.6 is 29.9 Å². The van der Waals surface area contributed by atoms with Crippen molar-refractivity contribution in [2.75, 3.05) is 0 Å². The number of aromatic nitrogens is 1. The molecular weight excluding hydrogens is 404 g/mol. The molecule has 0 unspecified atom stereocenters. The van der Waals surface area contributed by atoms with Crippen molar-refractivity contribution >= 4 is 52.2 Å². The van der Waals surface area contributed by atoms with Crippen molar-refractivity contribution in [3.63, 3.8) is 0 Å². The third kappa shape index (κ3) is 2.71. The van der Waals surface area contributed by atoms with E-state index in [-0.39, 0.29) is 0 Å². The molecule has 0 aliphatic heterocycles. The van der Waals surface area contributed by atoms with Crippen molar-refractivity contribution in [3.05, 3.63) is 79.0 Å². The molecule has 0 saturated carbocycles. The van der Waals surface area contributed by atoms with Gasteiger partial charge in [0.1, 0.15) is 5.44 Å². The number of hydrogen-bond donors (Lipinski definition) is 0. The van der Waals surface area contributed by atoms with Gasteiger partial charge in [-0.1, -0.05) is 67.0 Å². The summed E-state index contributed by atoms with van der Waals surface area (Å²) in [4.78, 5) is 4.63. The zero-order valence-electron chi connectivity index (χ0n) is 11.9. The Morgan fingerprint density at radius 2 is 1.36 bits per heavy atom. The number of pyridine rings is 1. The van der Waals surface area contributed by atoms with Crippen LogP contribution in [0.1, 0.15) is 0 Å². The highest BCUT2D eigenvalue weighted by atomic mass is 127. The van der Waals surface area contributed by atoms with E-state index in [4.69, 9.17) is 3.07 Å². The van der Waals surface area contributed by atoms with Crippen molar-refractivity contribution in [1.29, 1.82) is 0 Å². The summed E-state index contributed by atoms with van der Waals surface area (Å²) in [5.41, 5.74) is 0.918. The molecule has 4 heteroatoms. The molecule has 3 aromatic rings. The summed E-state index contributed by atoms with van der Waals surface area (Å²) in [7, 11) is 0. The highest BCUT2D eigenvalue weighted by Crippen LogP contribution is 2.43. The van der Waals surface area contributed by atoms with Crippen molar-refractivity contribution < 1.29 is 3.07 Å². The average molecular weight is 419 g/mol. The van der Waals surface area contributed by atoms with Gasteiger partial charge < -0.3 is 3.07 Å². The van der Waals surface area contributed by atoms with Crippen LogP contribution in [0.25, 0.3) is 0 Å². The molecule has 0 radical (unpaired) electrons. The minimum absolute atomic E-state index is 0.777. The van der Waals surface area contributed by atoms with E-state index >= 15 is 0 Å². The quantitative estimate of drug-likeness (QED) is 0.477. The van der Waals surface area contributed by atoms with Crippen LogP contribution in [0, 0.1) is 0 Å². The van der Waals surface area contributed by atoms with Gasteiger partial charge in [0.25, 0.3) is 0 Å². The molecule has 2 aromatic carbocycles. The second-order valence-electron chi connectivity index (χ2n) is 4.88. The number of rotatable bonds is 4. The molecule has 0 fully saturated rings. The molecule has 0 aliphatic carbocycles. The van der Waals surface area contributed by atoms with Gasteiger partial charge >= 0.3 is 0 Å². The van der Waals surface area contributed by atoms with Crippen LogP contribution in [0.15, 0.2) is 79.0 Å². The first-order chi connectivity index (χ1) is 10.8. The lowest BCUT2D eigenvalue weighted by molar-refractivity contribution is 0.719. The zero-order chi connectivity index (χ0) is 15.4. The summed E-state index contributed by atoms with van der Waals surface area (Å²) < 4.78 is 5.53. The van der Waals surface area contributed by atoms with Crippen molar-refractivity contribution in [1.82, 2.24) is 4.98 Å². The largest absolute Gasteiger partial charge is 0.425 e. The molecule has 0 spiro atoms. The van der Waals surface area contributed by atoms with Crippen LogP contribution in [0.2, 0.25) is 0 Å². The second-order valence-corrected chi connectivity index (χ2v) is 8.40. The van der Waals surface area contributed by atoms with E-state index in [9.17, 15) is 0 Å². The van der Waals surface area contributed by atoms with Crippen molar-refractivity contribution in [2.24, 2.45) is 0 Å². The van der Waals surface area contributed by atoms with E-state index in [2.05, 4.69) is 35.5 Å². The van der Waals surface area contributed by atoms with Crippen LogP contribution in [-0.2, 0) is 0 Å². The molecule has 110 valence electrons. The molecule has 3 rings (SSSR count). The third-order valence-corrected chi connectivity index (χ3v) is 7.48. The highest BCUT2D eigenvalue weighted by Gasteiger charge is 2.26. The maximum absolute atomic E-state index is 5.53. The first kappa shape index (κ1) is 15.3. The first-order valence-corrected chi connectivity index (χ1v) is 9.71. The molecule has 22 heavy (non-hydrogen) atoms. The average Bonchev–Trinajstić information content (AvgIpc) is 2.62. The maximum Gasteiger partial charge on any atom is 0.192 e. The standard InChI is InChI=1S/C18H15INOP/c1-22(15-9-4-2-5-10-15,16-11-6-3-7-12-16)18-17(21-19)13-8-14-20-18/h2-14H,1H2. The van der Waals surface area contributed by atoms with E-state index in [1.165, 1.54) is 10.6 Å². The molecular formula is C18H15INOP. The zero-order valence-corrected chi connectivity index (χ0v) is 14.9. The van der Waals surface area contributed by atoms with Crippen molar-refractivity contribution in [2.45, 2.75) is 0 Å². The summed E-state index contributed by atoms with van der Waals surface area (Å²) in [6.45, 7) is -2.07. The number of nitrogens with zero attached hydrogens (tertiary/aromatic N) is 1. The lowest BCUT2D eigenvalue weighted by atomic mass is 10.4. The lowest BCUT2D eigenvalue weighted by Gasteiger charge is -2.26. The van der Waals surface area contributed by atoms with Gasteiger partial charge in [-0.05, 0) is 29.6 Å². The van der Waals surface area contributed by atoms with E-state index in [0.717, 1.165) is 11.2 Å². The van der Waals surface area contributed by atoms with Gasteiger partial charge in [-0.3, -0.25) is 4.98 Å². The molecule has 0 amide bonds. The monoisotopic (exact) mass is 419 g/mol. The SMILES string of the molecule is C=P(c1ccccc1)(c1ccccc1)c1ncccc1OI. The Morgan fingerprint density at radius 1 is 0.818 bits per heavy atom. The fraction of sp³-hybridized carbons (Fsp3) is 0. The molecule has 1 heterocycles. The topological polar surface area (TPSA) is 22.1 Å². The predicted octanol–water partition coefficient (Wildman–Crippen LogP) is 3.54. The Bertz CT molecular complexity index is 762. The molecule has 0 bridgehead atoms. The Labute approximate surface area is 144 Å². The number of hydrogen-bond acceptors (Lipinski definition) is 2. The van der Waals surface area contributed by atoms with E-state index in [0.29, 0.717) is 0 Å². The minimum Gasteiger partial charge on any atom is -0.425 e. The molecule has 0 aliphatic rings. The molecule has 0 atom stereocenters. The van der Waals surface area contributed by atoms with Gasteiger partial charge in [-0.25, -0.2) is 0 Å². The maximum atomic E-state index is 5.53. The van der Waals surface area contributed by atoms with Gasteiger partial charge in [0.15, 0.2) is 28.8 Å². The predicted molar refractivity (Wildman–Crippen MR) is 105 cm³/mol. The molecule has 1 aromatic heterocycles. The highest BCUT2D eigenvalue weighted by molar-refractivity contribution is 14.1. The summed E-state index contributed by atoms with van der Waals surface area (Å²) in [6.07, 6.45) is 6.46. The number of halogens is 1. The van der Waals surface area contributed by atoms with Crippen molar-refractivity contribution in [3.8, 4) is 5.75 Å². The first-order valence-electron chi connectivity index (χ1n) is 6.85. The van der Waals surface area contributed by atoms with Gasteiger partial charge in [0.2, 0.25) is 0 Å². The second kappa shape index (κ2) is 6.67. The summed E-state index contributed by atoms with van der Waals surface area (Å²) in [6, 6.07) is 24.6. The Hall–Kier alpha value is -1.58. The van der Waals surface area contributed by atoms with Crippen LogP contribution in [0.5, 0.6) is 5.75 Å². The number of benzene rings is 2. The van der Waals surface area contributed by atoms with E-state index in [1.807, 2.05) is 71.5 Å². The summed E-state index contributed by atoms with van der Waals surface area (Å²) >= 11 is 1.91. The van der Waals surface area contributed by atoms with Crippen LogP contribution in [0.4, 0.5) is 0 Å². The van der Waals surface area contributed by atoms with Crippen LogP contribution in [-0.4, -0.2) is 11.3 Å². The van der Waals surface area contributed by atoms with Gasteiger partial charge in [-0.2, -0.15) is 0 Å². The lowest BCUT2D eigenvalue weighted by Crippen LogP contribution is -2.27. The van der Waals surface area contributed by atoms with Gasteiger partial charge in [-0.15, -0.1) is 0 Å². The van der Waals surface area contributed by atoms with Gasteiger partial charge in [0, 0.05) is 6.20 Å². The fourth-order valence-corrected chi connectivity index (χ4v) is 5.93. The van der Waals surface area contributed by atoms with Crippen LogP contribution in [0.3, 0.4) is 0 Å². The summed E-state index contributed by atoms with van der Waals surface area (Å²) in [5, 5.41) is 2.38.